The van der Waals surface area contributed by atoms with Crippen LogP contribution in [0.2, 0.25) is 10.0 Å². The molecule has 0 saturated carbocycles. The Kier molecular flexibility index (Phi) is 5.39. The molecule has 1 amide bonds. The zero-order chi connectivity index (χ0) is 18.8. The van der Waals surface area contributed by atoms with Crippen LogP contribution >= 0.6 is 23.2 Å². The fourth-order valence-corrected chi connectivity index (χ4v) is 3.40. The quantitative estimate of drug-likeness (QED) is 0.756. The molecule has 5 nitrogen and oxygen atoms in total. The van der Waals surface area contributed by atoms with E-state index in [9.17, 15) is 4.79 Å². The van der Waals surface area contributed by atoms with Crippen molar-refractivity contribution in [2.45, 2.75) is 19.4 Å². The lowest BCUT2D eigenvalue weighted by Gasteiger charge is -2.21. The number of hydrogen-bond acceptors (Lipinski definition) is 4. The zero-order valence-electron chi connectivity index (χ0n) is 14.6. The fraction of sp³-hybridized carbons (Fsp3) is 0.263. The second-order valence-corrected chi connectivity index (χ2v) is 6.71. The minimum absolute atomic E-state index is 0.155. The van der Waals surface area contributed by atoms with E-state index < -0.39 is 0 Å². The molecule has 136 valence electrons. The van der Waals surface area contributed by atoms with Gasteiger partial charge in [0.1, 0.15) is 0 Å². The van der Waals surface area contributed by atoms with Gasteiger partial charge in [-0.25, -0.2) is 5.01 Å². The zero-order valence-corrected chi connectivity index (χ0v) is 16.1. The normalized spacial score (nSPS) is 16.4. The number of hydrazone groups is 1. The van der Waals surface area contributed by atoms with Crippen molar-refractivity contribution in [3.05, 3.63) is 57.6 Å². The number of benzene rings is 2. The molecule has 1 heterocycles. The lowest BCUT2D eigenvalue weighted by Crippen LogP contribution is -2.24. The first-order valence-electron chi connectivity index (χ1n) is 7.99. The van der Waals surface area contributed by atoms with Gasteiger partial charge in [0.15, 0.2) is 11.5 Å². The van der Waals surface area contributed by atoms with Crippen molar-refractivity contribution in [2.24, 2.45) is 5.10 Å². The average molecular weight is 393 g/mol. The lowest BCUT2D eigenvalue weighted by molar-refractivity contribution is -0.130. The number of amides is 1. The van der Waals surface area contributed by atoms with E-state index in [2.05, 4.69) is 5.10 Å². The summed E-state index contributed by atoms with van der Waals surface area (Å²) in [5.41, 5.74) is 2.34. The minimum atomic E-state index is -0.252. The van der Waals surface area contributed by atoms with Gasteiger partial charge in [0.2, 0.25) is 5.91 Å². The molecule has 2 aromatic rings. The Bertz CT molecular complexity index is 883. The molecule has 3 rings (SSSR count). The monoisotopic (exact) mass is 392 g/mol. The number of rotatable bonds is 4. The third-order valence-electron chi connectivity index (χ3n) is 4.26. The molecule has 1 unspecified atom stereocenters. The van der Waals surface area contributed by atoms with E-state index in [0.29, 0.717) is 33.7 Å². The largest absolute Gasteiger partial charge is 0.493 e. The molecular weight excluding hydrogens is 375 g/mol. The third kappa shape index (κ3) is 3.50. The number of hydrogen-bond donors (Lipinski definition) is 0. The average Bonchev–Trinajstić information content (AvgIpc) is 3.08. The van der Waals surface area contributed by atoms with Gasteiger partial charge in [-0.15, -0.1) is 0 Å². The van der Waals surface area contributed by atoms with Crippen molar-refractivity contribution < 1.29 is 14.3 Å². The Morgan fingerprint density at radius 3 is 2.50 bits per heavy atom. The lowest BCUT2D eigenvalue weighted by atomic mass is 9.98. The van der Waals surface area contributed by atoms with E-state index in [1.807, 2.05) is 18.2 Å². The van der Waals surface area contributed by atoms with E-state index in [1.165, 1.54) is 11.9 Å². The molecule has 0 radical (unpaired) electrons. The predicted molar refractivity (Wildman–Crippen MR) is 102 cm³/mol. The van der Waals surface area contributed by atoms with Crippen LogP contribution in [0, 0.1) is 0 Å². The van der Waals surface area contributed by atoms with Gasteiger partial charge in [0.05, 0.1) is 26.0 Å². The summed E-state index contributed by atoms with van der Waals surface area (Å²) in [5.74, 6) is 1.07. The molecule has 1 aliphatic rings. The first-order valence-corrected chi connectivity index (χ1v) is 8.74. The molecule has 1 atom stereocenters. The molecule has 26 heavy (non-hydrogen) atoms. The van der Waals surface area contributed by atoms with Crippen molar-refractivity contribution in [1.82, 2.24) is 5.01 Å². The minimum Gasteiger partial charge on any atom is -0.493 e. The van der Waals surface area contributed by atoms with E-state index in [-0.39, 0.29) is 11.9 Å². The highest BCUT2D eigenvalue weighted by Crippen LogP contribution is 2.38. The molecule has 0 aliphatic carbocycles. The Morgan fingerprint density at radius 1 is 1.12 bits per heavy atom. The highest BCUT2D eigenvalue weighted by molar-refractivity contribution is 6.36. The van der Waals surface area contributed by atoms with Gasteiger partial charge in [-0.3, -0.25) is 4.79 Å². The van der Waals surface area contributed by atoms with Crippen LogP contribution < -0.4 is 9.47 Å². The summed E-state index contributed by atoms with van der Waals surface area (Å²) in [6.45, 7) is 1.49. The van der Waals surface area contributed by atoms with Gasteiger partial charge in [-0.05, 0) is 35.9 Å². The van der Waals surface area contributed by atoms with Crippen LogP contribution in [0.5, 0.6) is 11.5 Å². The van der Waals surface area contributed by atoms with Gasteiger partial charge in [-0.1, -0.05) is 29.3 Å². The number of ether oxygens (including phenoxy) is 2. The first kappa shape index (κ1) is 18.5. The van der Waals surface area contributed by atoms with Gasteiger partial charge in [0.25, 0.3) is 0 Å². The summed E-state index contributed by atoms with van der Waals surface area (Å²) in [5, 5.41) is 7.08. The van der Waals surface area contributed by atoms with Crippen molar-refractivity contribution in [3.63, 3.8) is 0 Å². The van der Waals surface area contributed by atoms with E-state index in [0.717, 1.165) is 11.1 Å². The molecule has 0 aromatic heterocycles. The highest BCUT2D eigenvalue weighted by atomic mass is 35.5. The van der Waals surface area contributed by atoms with Crippen LogP contribution in [0.1, 0.15) is 30.5 Å². The third-order valence-corrected chi connectivity index (χ3v) is 4.83. The van der Waals surface area contributed by atoms with Crippen molar-refractivity contribution in [3.8, 4) is 11.5 Å². The number of methoxy groups -OCH3 is 2. The number of carbonyl (C=O) groups excluding carboxylic acids is 1. The van der Waals surface area contributed by atoms with Gasteiger partial charge >= 0.3 is 0 Å². The van der Waals surface area contributed by atoms with Crippen molar-refractivity contribution in [1.29, 1.82) is 0 Å². The molecule has 0 spiro atoms. The molecule has 0 saturated heterocycles. The molecular formula is C19H18Cl2N2O3. The van der Waals surface area contributed by atoms with Crippen LogP contribution in [-0.2, 0) is 4.79 Å². The number of halogens is 2. The standard InChI is InChI=1S/C19H18Cl2N2O3/c1-11(24)23-17(12-4-7-18(25-2)19(8-12)26-3)10-16(22-23)14-9-13(20)5-6-15(14)21/h4-9,17H,10H2,1-3H3. The highest BCUT2D eigenvalue weighted by Gasteiger charge is 2.32. The van der Waals surface area contributed by atoms with Crippen LogP contribution in [0.3, 0.4) is 0 Å². The molecule has 7 heteroatoms. The summed E-state index contributed by atoms with van der Waals surface area (Å²) in [4.78, 5) is 12.1. The summed E-state index contributed by atoms with van der Waals surface area (Å²) >= 11 is 12.4. The SMILES string of the molecule is COc1ccc(C2CC(c3cc(Cl)ccc3Cl)=NN2C(C)=O)cc1OC. The van der Waals surface area contributed by atoms with Gasteiger partial charge < -0.3 is 9.47 Å². The second kappa shape index (κ2) is 7.56. The molecule has 1 aliphatic heterocycles. The molecule has 0 N–H and O–H groups in total. The number of nitrogens with zero attached hydrogens (tertiary/aromatic N) is 2. The second-order valence-electron chi connectivity index (χ2n) is 5.87. The molecule has 0 fully saturated rings. The van der Waals surface area contributed by atoms with Crippen molar-refractivity contribution in [2.75, 3.05) is 14.2 Å². The summed E-state index contributed by atoms with van der Waals surface area (Å²) in [6.07, 6.45) is 0.523. The van der Waals surface area contributed by atoms with Crippen molar-refractivity contribution >= 4 is 34.8 Å². The topological polar surface area (TPSA) is 51.1 Å². The van der Waals surface area contributed by atoms with Crippen LogP contribution in [0.15, 0.2) is 41.5 Å². The maximum Gasteiger partial charge on any atom is 0.240 e. The fourth-order valence-electron chi connectivity index (χ4n) is 3.00. The Balaban J connectivity index is 1.99. The van der Waals surface area contributed by atoms with Gasteiger partial charge in [-0.2, -0.15) is 5.10 Å². The molecule has 0 bridgehead atoms. The smallest absolute Gasteiger partial charge is 0.240 e. The summed E-state index contributed by atoms with van der Waals surface area (Å²) in [6, 6.07) is 10.5. The van der Waals surface area contributed by atoms with E-state index in [1.54, 1.807) is 32.4 Å². The summed E-state index contributed by atoms with van der Waals surface area (Å²) in [7, 11) is 3.16. The maximum absolute atomic E-state index is 12.1. The number of carbonyl (C=O) groups is 1. The first-order chi connectivity index (χ1) is 12.4. The Hall–Kier alpha value is -2.24. The van der Waals surface area contributed by atoms with Crippen LogP contribution in [0.4, 0.5) is 0 Å². The predicted octanol–water partition coefficient (Wildman–Crippen LogP) is 4.71. The maximum atomic E-state index is 12.1. The van der Waals surface area contributed by atoms with Gasteiger partial charge in [0, 0.05) is 29.0 Å². The Labute approximate surface area is 162 Å². The molecule has 2 aromatic carbocycles. The Morgan fingerprint density at radius 2 is 1.85 bits per heavy atom. The van der Waals surface area contributed by atoms with E-state index >= 15 is 0 Å². The van der Waals surface area contributed by atoms with Crippen LogP contribution in [0.25, 0.3) is 0 Å². The van der Waals surface area contributed by atoms with E-state index in [4.69, 9.17) is 32.7 Å². The summed E-state index contributed by atoms with van der Waals surface area (Å²) < 4.78 is 10.7. The van der Waals surface area contributed by atoms with Crippen LogP contribution in [-0.4, -0.2) is 30.8 Å².